The first kappa shape index (κ1) is 5.93. The molecular formula is C19H22O. The first-order valence-corrected chi connectivity index (χ1v) is 6.41. The van der Waals surface area contributed by atoms with Crippen LogP contribution in [0.2, 0.25) is 0 Å². The van der Waals surface area contributed by atoms with Crippen LogP contribution in [0.4, 0.5) is 0 Å². The van der Waals surface area contributed by atoms with Crippen molar-refractivity contribution in [3.63, 3.8) is 0 Å². The molecule has 0 saturated carbocycles. The second kappa shape index (κ2) is 4.12. The molecule has 0 aliphatic carbocycles. The molecule has 0 N–H and O–H groups in total. The minimum atomic E-state index is -2.91. The summed E-state index contributed by atoms with van der Waals surface area (Å²) >= 11 is 0. The molecule has 1 aromatic heterocycles. The fourth-order valence-electron chi connectivity index (χ4n) is 2.65. The third kappa shape index (κ3) is 1.84. The molecule has 1 nitrogen and oxygen atoms in total. The van der Waals surface area contributed by atoms with E-state index in [0.717, 1.165) is 0 Å². The maximum absolute atomic E-state index is 8.51. The lowest BCUT2D eigenvalue weighted by molar-refractivity contribution is 0.568. The third-order valence-electron chi connectivity index (χ3n) is 3.36. The van der Waals surface area contributed by atoms with Gasteiger partial charge >= 0.3 is 0 Å². The molecule has 0 atom stereocenters. The van der Waals surface area contributed by atoms with Gasteiger partial charge in [0.1, 0.15) is 11.2 Å². The lowest BCUT2D eigenvalue weighted by atomic mass is 9.83. The van der Waals surface area contributed by atoms with Crippen molar-refractivity contribution in [1.82, 2.24) is 0 Å². The number of benzene rings is 2. The van der Waals surface area contributed by atoms with Crippen molar-refractivity contribution in [3.05, 3.63) is 46.4 Å². The molecule has 0 aliphatic heterocycles. The van der Waals surface area contributed by atoms with Crippen LogP contribution in [-0.4, -0.2) is 0 Å². The van der Waals surface area contributed by atoms with Crippen molar-refractivity contribution in [2.24, 2.45) is 0 Å². The van der Waals surface area contributed by atoms with Crippen molar-refractivity contribution in [2.45, 2.75) is 46.8 Å². The summed E-state index contributed by atoms with van der Waals surface area (Å²) in [5, 5.41) is -0.117. The standard InChI is InChI=1S/C19H22O/c1-11-9-13(3)17-15(10-11)14-8-7-12(2)16(18(14)20-17)19(4,5)6/h7-10H,1-6H3/i1D3,3D3,7D,8D,9D,10D. The number of aryl methyl sites for hydroxylation is 1. The monoisotopic (exact) mass is 276 g/mol. The smallest absolute Gasteiger partial charge is 0.139 e. The Labute approximate surface area is 134 Å². The first-order chi connectivity index (χ1) is 13.4. The molecule has 0 amide bonds. The van der Waals surface area contributed by atoms with Gasteiger partial charge in [-0.1, -0.05) is 38.9 Å². The molecule has 104 valence electrons. The van der Waals surface area contributed by atoms with E-state index in [1.807, 2.05) is 20.8 Å². The van der Waals surface area contributed by atoms with Gasteiger partial charge in [-0.2, -0.15) is 0 Å². The predicted octanol–water partition coefficient (Wildman–Crippen LogP) is 5.81. The maximum atomic E-state index is 8.51. The van der Waals surface area contributed by atoms with Gasteiger partial charge in [-0.05, 0) is 48.8 Å². The van der Waals surface area contributed by atoms with E-state index in [0.29, 0.717) is 11.1 Å². The fraction of sp³-hybridized carbons (Fsp3) is 0.368. The van der Waals surface area contributed by atoms with Gasteiger partial charge in [0.15, 0.2) is 0 Å². The molecule has 0 saturated heterocycles. The number of fused-ring (bicyclic) bond motifs is 3. The van der Waals surface area contributed by atoms with Crippen molar-refractivity contribution < 1.29 is 18.1 Å². The topological polar surface area (TPSA) is 13.1 Å². The Morgan fingerprint density at radius 3 is 2.45 bits per heavy atom. The van der Waals surface area contributed by atoms with Crippen LogP contribution in [0.15, 0.2) is 28.6 Å². The average Bonchev–Trinajstić information content (AvgIpc) is 2.88. The quantitative estimate of drug-likeness (QED) is 0.505. The Balaban J connectivity index is 2.80. The summed E-state index contributed by atoms with van der Waals surface area (Å²) < 4.78 is 86.5. The molecule has 3 aromatic rings. The Bertz CT molecular complexity index is 1190. The molecule has 2 aromatic carbocycles. The van der Waals surface area contributed by atoms with Gasteiger partial charge in [0.05, 0.1) is 5.48 Å². The van der Waals surface area contributed by atoms with Gasteiger partial charge in [0.25, 0.3) is 0 Å². The minimum Gasteiger partial charge on any atom is -0.455 e. The summed E-state index contributed by atoms with van der Waals surface area (Å²) in [5.74, 6) is 0. The highest BCUT2D eigenvalue weighted by atomic mass is 16.3. The van der Waals surface area contributed by atoms with Gasteiger partial charge in [0.2, 0.25) is 0 Å². The second-order valence-electron chi connectivity index (χ2n) is 6.01. The summed E-state index contributed by atoms with van der Waals surface area (Å²) in [5.41, 5.74) is -0.921. The Morgan fingerprint density at radius 1 is 1.00 bits per heavy atom. The largest absolute Gasteiger partial charge is 0.455 e. The van der Waals surface area contributed by atoms with Gasteiger partial charge < -0.3 is 4.42 Å². The zero-order chi connectivity index (χ0) is 23.1. The van der Waals surface area contributed by atoms with Crippen molar-refractivity contribution in [1.29, 1.82) is 0 Å². The van der Waals surface area contributed by atoms with Crippen LogP contribution >= 0.6 is 0 Å². The fourth-order valence-corrected chi connectivity index (χ4v) is 2.65. The van der Waals surface area contributed by atoms with Crippen LogP contribution in [0.25, 0.3) is 21.9 Å². The Kier molecular flexibility index (Phi) is 1.22. The van der Waals surface area contributed by atoms with Crippen LogP contribution in [0.1, 0.15) is 56.7 Å². The average molecular weight is 276 g/mol. The van der Waals surface area contributed by atoms with E-state index in [1.165, 1.54) is 0 Å². The molecule has 0 unspecified atom stereocenters. The Hall–Kier alpha value is -1.76. The van der Waals surface area contributed by atoms with E-state index in [4.69, 9.17) is 18.1 Å². The summed E-state index contributed by atoms with van der Waals surface area (Å²) in [6.07, 6.45) is 0. The molecule has 1 heterocycles. The summed E-state index contributed by atoms with van der Waals surface area (Å²) in [4.78, 5) is 0. The zero-order valence-corrected chi connectivity index (χ0v) is 11.9. The number of furan rings is 1. The van der Waals surface area contributed by atoms with E-state index in [9.17, 15) is 0 Å². The van der Waals surface area contributed by atoms with E-state index >= 15 is 0 Å². The molecule has 0 aliphatic rings. The highest BCUT2D eigenvalue weighted by Crippen LogP contribution is 2.39. The normalized spacial score (nSPS) is 21.0. The van der Waals surface area contributed by atoms with Crippen LogP contribution < -0.4 is 0 Å². The molecule has 0 radical (unpaired) electrons. The van der Waals surface area contributed by atoms with E-state index in [-0.39, 0.29) is 34.0 Å². The lowest BCUT2D eigenvalue weighted by Gasteiger charge is -2.21. The highest BCUT2D eigenvalue weighted by Gasteiger charge is 2.23. The van der Waals surface area contributed by atoms with Gasteiger partial charge in [-0.3, -0.25) is 0 Å². The Morgan fingerprint density at radius 2 is 1.80 bits per heavy atom. The minimum absolute atomic E-state index is 0.0338. The second-order valence-corrected chi connectivity index (χ2v) is 6.01. The molecule has 0 spiro atoms. The summed E-state index contributed by atoms with van der Waals surface area (Å²) in [6, 6.07) is -1.72. The van der Waals surface area contributed by atoms with Crippen LogP contribution in [-0.2, 0) is 5.41 Å². The van der Waals surface area contributed by atoms with Gasteiger partial charge in [-0.25, -0.2) is 0 Å². The van der Waals surface area contributed by atoms with Gasteiger partial charge in [-0.15, -0.1) is 0 Å². The SMILES string of the molecule is [2H]c1c(C([2H])([2H])[2H])c([2H])c2c(oc3c(C(C)(C)C)c(C)c([2H])c([2H])c32)c1C([2H])([2H])[2H]. The zero-order valence-electron chi connectivity index (χ0n) is 21.9. The number of hydrogen-bond donors (Lipinski definition) is 0. The van der Waals surface area contributed by atoms with E-state index in [1.54, 1.807) is 6.92 Å². The third-order valence-corrected chi connectivity index (χ3v) is 3.36. The highest BCUT2D eigenvalue weighted by molar-refractivity contribution is 6.07. The molecule has 1 heteroatoms. The molecular weight excluding hydrogens is 244 g/mol. The summed E-state index contributed by atoms with van der Waals surface area (Å²) in [6.45, 7) is 1.52. The van der Waals surface area contributed by atoms with Crippen molar-refractivity contribution >= 4 is 21.9 Å². The number of rotatable bonds is 0. The summed E-state index contributed by atoms with van der Waals surface area (Å²) in [7, 11) is 0. The maximum Gasteiger partial charge on any atom is 0.139 e. The van der Waals surface area contributed by atoms with Crippen LogP contribution in [0, 0.1) is 20.6 Å². The van der Waals surface area contributed by atoms with Gasteiger partial charge in [0, 0.05) is 24.6 Å². The molecule has 20 heavy (non-hydrogen) atoms. The van der Waals surface area contributed by atoms with Crippen LogP contribution in [0.5, 0.6) is 0 Å². The molecule has 0 fully saturated rings. The van der Waals surface area contributed by atoms with Crippen molar-refractivity contribution in [3.8, 4) is 0 Å². The van der Waals surface area contributed by atoms with E-state index < -0.39 is 42.3 Å². The van der Waals surface area contributed by atoms with Crippen molar-refractivity contribution in [2.75, 3.05) is 0 Å². The first-order valence-electron chi connectivity index (χ1n) is 11.4. The molecule has 3 rings (SSSR count). The van der Waals surface area contributed by atoms with E-state index in [2.05, 4.69) is 0 Å². The predicted molar refractivity (Wildman–Crippen MR) is 86.6 cm³/mol. The molecule has 0 bridgehead atoms. The number of hydrogen-bond acceptors (Lipinski definition) is 1. The lowest BCUT2D eigenvalue weighted by Crippen LogP contribution is -2.13. The van der Waals surface area contributed by atoms with Crippen LogP contribution in [0.3, 0.4) is 0 Å².